The van der Waals surface area contributed by atoms with E-state index in [0.717, 1.165) is 0 Å². The highest BCUT2D eigenvalue weighted by Gasteiger charge is 2.15. The quantitative estimate of drug-likeness (QED) is 0.782. The van der Waals surface area contributed by atoms with Crippen LogP contribution in [0, 0.1) is 0 Å². The second-order valence-corrected chi connectivity index (χ2v) is 5.55. The van der Waals surface area contributed by atoms with Crippen molar-refractivity contribution in [1.29, 1.82) is 0 Å². The number of nitrogens with one attached hydrogen (secondary N) is 2. The third-order valence-electron chi connectivity index (χ3n) is 2.41. The van der Waals surface area contributed by atoms with Gasteiger partial charge in [0, 0.05) is 12.1 Å². The van der Waals surface area contributed by atoms with E-state index in [9.17, 15) is 18.7 Å². The van der Waals surface area contributed by atoms with Gasteiger partial charge in [-0.05, 0) is 38.5 Å². The van der Waals surface area contributed by atoms with E-state index in [0.29, 0.717) is 5.56 Å². The molecular formula is C14H20F2N2O3. The lowest BCUT2D eigenvalue weighted by molar-refractivity contribution is -0.0499. The molecule has 0 aliphatic heterocycles. The second-order valence-electron chi connectivity index (χ2n) is 5.55. The summed E-state index contributed by atoms with van der Waals surface area (Å²) < 4.78 is 28.5. The maximum absolute atomic E-state index is 12.1. The fraction of sp³-hybridized carbons (Fsp3) is 0.500. The SMILES string of the molecule is CC(C)(C)NC(=O)NCC(O)c1cccc(OC(F)F)c1. The van der Waals surface area contributed by atoms with Crippen LogP contribution in [-0.2, 0) is 0 Å². The molecule has 0 aromatic heterocycles. The molecule has 0 spiro atoms. The number of rotatable bonds is 5. The molecule has 7 heteroatoms. The minimum absolute atomic E-state index is 0.0410. The van der Waals surface area contributed by atoms with Crippen LogP contribution in [0.15, 0.2) is 24.3 Å². The number of carbonyl (C=O) groups excluding carboxylic acids is 1. The van der Waals surface area contributed by atoms with Gasteiger partial charge >= 0.3 is 12.6 Å². The van der Waals surface area contributed by atoms with Crippen molar-refractivity contribution < 1.29 is 23.4 Å². The molecule has 1 aromatic rings. The Morgan fingerprint density at radius 2 is 2.05 bits per heavy atom. The average Bonchev–Trinajstić information content (AvgIpc) is 2.33. The summed E-state index contributed by atoms with van der Waals surface area (Å²) in [6.07, 6.45) is -1.02. The van der Waals surface area contributed by atoms with Crippen LogP contribution >= 0.6 is 0 Å². The fourth-order valence-electron chi connectivity index (χ4n) is 1.59. The van der Waals surface area contributed by atoms with Crippen molar-refractivity contribution in [2.24, 2.45) is 0 Å². The van der Waals surface area contributed by atoms with Gasteiger partial charge in [-0.3, -0.25) is 0 Å². The molecule has 0 radical (unpaired) electrons. The third-order valence-corrected chi connectivity index (χ3v) is 2.41. The van der Waals surface area contributed by atoms with Gasteiger partial charge in [0.05, 0.1) is 6.10 Å². The topological polar surface area (TPSA) is 70.6 Å². The zero-order valence-corrected chi connectivity index (χ0v) is 12.2. The Kier molecular flexibility index (Phi) is 5.90. The number of aliphatic hydroxyl groups excluding tert-OH is 1. The molecule has 0 saturated heterocycles. The standard InChI is InChI=1S/C14H20F2N2O3/c1-14(2,3)18-13(20)17-8-11(19)9-5-4-6-10(7-9)21-12(15)16/h4-7,11-12,19H,8H2,1-3H3,(H2,17,18,20). The van der Waals surface area contributed by atoms with E-state index >= 15 is 0 Å². The Balaban J connectivity index is 2.55. The first-order valence-corrected chi connectivity index (χ1v) is 6.46. The largest absolute Gasteiger partial charge is 0.435 e. The Morgan fingerprint density at radius 3 is 2.62 bits per heavy atom. The number of urea groups is 1. The number of hydrogen-bond acceptors (Lipinski definition) is 3. The number of halogens is 2. The molecule has 118 valence electrons. The molecule has 0 fully saturated rings. The first-order chi connectivity index (χ1) is 9.67. The van der Waals surface area contributed by atoms with Crippen molar-refractivity contribution in [2.75, 3.05) is 6.54 Å². The molecule has 2 amide bonds. The average molecular weight is 302 g/mol. The highest BCUT2D eigenvalue weighted by atomic mass is 19.3. The number of benzene rings is 1. The van der Waals surface area contributed by atoms with Crippen LogP contribution in [0.25, 0.3) is 0 Å². The van der Waals surface area contributed by atoms with Gasteiger partial charge in [-0.1, -0.05) is 12.1 Å². The minimum atomic E-state index is -2.92. The highest BCUT2D eigenvalue weighted by molar-refractivity contribution is 5.74. The second kappa shape index (κ2) is 7.21. The van der Waals surface area contributed by atoms with Crippen LogP contribution in [0.5, 0.6) is 5.75 Å². The van der Waals surface area contributed by atoms with Crippen LogP contribution in [-0.4, -0.2) is 29.8 Å². The van der Waals surface area contributed by atoms with E-state index in [1.54, 1.807) is 6.07 Å². The molecule has 1 unspecified atom stereocenters. The van der Waals surface area contributed by atoms with Gasteiger partial charge in [-0.2, -0.15) is 8.78 Å². The van der Waals surface area contributed by atoms with Crippen molar-refractivity contribution in [3.05, 3.63) is 29.8 Å². The van der Waals surface area contributed by atoms with E-state index in [-0.39, 0.29) is 17.8 Å². The summed E-state index contributed by atoms with van der Waals surface area (Å²) in [5.74, 6) is -0.0410. The van der Waals surface area contributed by atoms with Crippen molar-refractivity contribution in [2.45, 2.75) is 39.0 Å². The van der Waals surface area contributed by atoms with Crippen molar-refractivity contribution >= 4 is 6.03 Å². The van der Waals surface area contributed by atoms with Crippen molar-refractivity contribution in [1.82, 2.24) is 10.6 Å². The number of alkyl halides is 2. The lowest BCUT2D eigenvalue weighted by Crippen LogP contribution is -2.47. The lowest BCUT2D eigenvalue weighted by atomic mass is 10.1. The van der Waals surface area contributed by atoms with Crippen LogP contribution in [0.3, 0.4) is 0 Å². The maximum atomic E-state index is 12.1. The van der Waals surface area contributed by atoms with E-state index in [1.807, 2.05) is 20.8 Å². The molecule has 1 aromatic carbocycles. The molecule has 1 atom stereocenters. The maximum Gasteiger partial charge on any atom is 0.387 e. The van der Waals surface area contributed by atoms with Crippen LogP contribution in [0.4, 0.5) is 13.6 Å². The van der Waals surface area contributed by atoms with Gasteiger partial charge < -0.3 is 20.5 Å². The lowest BCUT2D eigenvalue weighted by Gasteiger charge is -2.21. The molecule has 0 saturated carbocycles. The molecule has 0 heterocycles. The third kappa shape index (κ3) is 6.89. The van der Waals surface area contributed by atoms with E-state index in [1.165, 1.54) is 18.2 Å². The summed E-state index contributed by atoms with van der Waals surface area (Å²) in [6.45, 7) is 2.52. The number of hydrogen-bond donors (Lipinski definition) is 3. The highest BCUT2D eigenvalue weighted by Crippen LogP contribution is 2.20. The van der Waals surface area contributed by atoms with E-state index < -0.39 is 18.7 Å². The zero-order chi connectivity index (χ0) is 16.0. The van der Waals surface area contributed by atoms with Crippen LogP contribution in [0.1, 0.15) is 32.4 Å². The first-order valence-electron chi connectivity index (χ1n) is 6.46. The van der Waals surface area contributed by atoms with Gasteiger partial charge in [-0.25, -0.2) is 4.79 Å². The van der Waals surface area contributed by atoms with Gasteiger partial charge in [-0.15, -0.1) is 0 Å². The molecule has 0 aliphatic rings. The molecule has 3 N–H and O–H groups in total. The number of aliphatic hydroxyl groups is 1. The van der Waals surface area contributed by atoms with Gasteiger partial charge in [0.15, 0.2) is 0 Å². The van der Waals surface area contributed by atoms with Crippen molar-refractivity contribution in [3.8, 4) is 5.75 Å². The Labute approximate surface area is 122 Å². The smallest absolute Gasteiger partial charge is 0.387 e. The summed E-state index contributed by atoms with van der Waals surface area (Å²) in [7, 11) is 0. The minimum Gasteiger partial charge on any atom is -0.435 e. The predicted molar refractivity (Wildman–Crippen MR) is 74.3 cm³/mol. The number of carbonyl (C=O) groups is 1. The first kappa shape index (κ1) is 17.2. The number of amides is 2. The van der Waals surface area contributed by atoms with E-state index in [4.69, 9.17) is 0 Å². The monoisotopic (exact) mass is 302 g/mol. The molecule has 5 nitrogen and oxygen atoms in total. The van der Waals surface area contributed by atoms with Crippen LogP contribution in [0.2, 0.25) is 0 Å². The normalized spacial score (nSPS) is 12.9. The van der Waals surface area contributed by atoms with Gasteiger partial charge in [0.1, 0.15) is 5.75 Å². The van der Waals surface area contributed by atoms with E-state index in [2.05, 4.69) is 15.4 Å². The van der Waals surface area contributed by atoms with Crippen LogP contribution < -0.4 is 15.4 Å². The summed E-state index contributed by atoms with van der Waals surface area (Å²) in [5.41, 5.74) is -0.00994. The summed E-state index contributed by atoms with van der Waals surface area (Å²) in [4.78, 5) is 11.5. The Hall–Kier alpha value is -1.89. The molecular weight excluding hydrogens is 282 g/mol. The summed E-state index contributed by atoms with van der Waals surface area (Å²) >= 11 is 0. The molecule has 21 heavy (non-hydrogen) atoms. The Morgan fingerprint density at radius 1 is 1.38 bits per heavy atom. The number of ether oxygens (including phenoxy) is 1. The predicted octanol–water partition coefficient (Wildman–Crippen LogP) is 2.42. The fourth-order valence-corrected chi connectivity index (χ4v) is 1.59. The molecule has 1 rings (SSSR count). The Bertz CT molecular complexity index is 476. The van der Waals surface area contributed by atoms with Gasteiger partial charge in [0.25, 0.3) is 0 Å². The summed E-state index contributed by atoms with van der Waals surface area (Å²) in [6, 6.07) is 5.31. The summed E-state index contributed by atoms with van der Waals surface area (Å²) in [5, 5.41) is 15.1. The molecule has 0 aliphatic carbocycles. The van der Waals surface area contributed by atoms with Crippen molar-refractivity contribution in [3.63, 3.8) is 0 Å². The zero-order valence-electron chi connectivity index (χ0n) is 12.2. The molecule has 0 bridgehead atoms. The van der Waals surface area contributed by atoms with Gasteiger partial charge in [0.2, 0.25) is 0 Å².